The van der Waals surface area contributed by atoms with Crippen LogP contribution in [-0.2, 0) is 14.3 Å². The molecule has 0 heterocycles. The predicted molar refractivity (Wildman–Crippen MR) is 57.9 cm³/mol. The number of methoxy groups -OCH3 is 1. The second-order valence-electron chi connectivity index (χ2n) is 4.24. The number of carbonyl (C=O) groups is 2. The Morgan fingerprint density at radius 1 is 1.41 bits per heavy atom. The lowest BCUT2D eigenvalue weighted by atomic mass is 9.85. The van der Waals surface area contributed by atoms with Crippen molar-refractivity contribution in [2.24, 2.45) is 17.8 Å². The van der Waals surface area contributed by atoms with Crippen molar-refractivity contribution in [1.29, 1.82) is 0 Å². The second-order valence-corrected chi connectivity index (χ2v) is 4.24. The molecule has 0 amide bonds. The highest BCUT2D eigenvalue weighted by atomic mass is 16.6. The average Bonchev–Trinajstić information content (AvgIpc) is 2.14. The molecule has 0 aromatic heterocycles. The van der Waals surface area contributed by atoms with E-state index in [9.17, 15) is 19.7 Å². The molecular formula is C10H17NO6. The first-order valence-electron chi connectivity index (χ1n) is 5.22. The van der Waals surface area contributed by atoms with Crippen molar-refractivity contribution in [3.8, 4) is 0 Å². The minimum atomic E-state index is -1.48. The van der Waals surface area contributed by atoms with Gasteiger partial charge in [0.2, 0.25) is 6.54 Å². The molecule has 0 saturated heterocycles. The predicted octanol–water partition coefficient (Wildman–Crippen LogP) is 0.799. The lowest BCUT2D eigenvalue weighted by Crippen LogP contribution is -2.36. The van der Waals surface area contributed by atoms with Gasteiger partial charge >= 0.3 is 11.9 Å². The second kappa shape index (κ2) is 6.82. The summed E-state index contributed by atoms with van der Waals surface area (Å²) in [5.74, 6) is -4.59. The van der Waals surface area contributed by atoms with E-state index < -0.39 is 35.2 Å². The Hall–Kier alpha value is -1.66. The summed E-state index contributed by atoms with van der Waals surface area (Å²) < 4.78 is 4.38. The van der Waals surface area contributed by atoms with E-state index in [0.29, 0.717) is 0 Å². The standard InChI is InChI=1S/C10H17NO6/c1-6(2)4-7(5-11(15)16)8(9(12)13)10(14)17-3/h6-8H,4-5H2,1-3H3,(H,12,13). The normalized spacial score (nSPS) is 14.1. The molecule has 0 aromatic rings. The Morgan fingerprint density at radius 3 is 2.24 bits per heavy atom. The number of carboxylic acids is 1. The van der Waals surface area contributed by atoms with E-state index in [1.807, 2.05) is 13.8 Å². The minimum absolute atomic E-state index is 0.0615. The fourth-order valence-electron chi connectivity index (χ4n) is 1.73. The molecule has 0 bridgehead atoms. The molecule has 0 spiro atoms. The van der Waals surface area contributed by atoms with Crippen LogP contribution in [0.25, 0.3) is 0 Å². The molecule has 0 saturated carbocycles. The number of hydrogen-bond donors (Lipinski definition) is 1. The molecule has 0 aliphatic heterocycles. The summed E-state index contributed by atoms with van der Waals surface area (Å²) in [6, 6.07) is 0. The van der Waals surface area contributed by atoms with Crippen molar-refractivity contribution in [2.45, 2.75) is 20.3 Å². The number of nitro groups is 1. The lowest BCUT2D eigenvalue weighted by molar-refractivity contribution is -0.489. The molecule has 17 heavy (non-hydrogen) atoms. The number of rotatable bonds is 7. The first kappa shape index (κ1) is 15.3. The van der Waals surface area contributed by atoms with Gasteiger partial charge < -0.3 is 9.84 Å². The average molecular weight is 247 g/mol. The Labute approximate surface area is 98.9 Å². The molecule has 0 aliphatic carbocycles. The van der Waals surface area contributed by atoms with Crippen molar-refractivity contribution in [3.05, 3.63) is 10.1 Å². The summed E-state index contributed by atoms with van der Waals surface area (Å²) in [6.07, 6.45) is 0.285. The van der Waals surface area contributed by atoms with Crippen LogP contribution in [0.15, 0.2) is 0 Å². The van der Waals surface area contributed by atoms with E-state index in [4.69, 9.17) is 5.11 Å². The summed E-state index contributed by atoms with van der Waals surface area (Å²) >= 11 is 0. The molecular weight excluding hydrogens is 230 g/mol. The number of hydrogen-bond acceptors (Lipinski definition) is 5. The summed E-state index contributed by atoms with van der Waals surface area (Å²) in [5.41, 5.74) is 0. The van der Waals surface area contributed by atoms with Gasteiger partial charge in [0.05, 0.1) is 7.11 Å². The molecule has 0 aromatic carbocycles. The quantitative estimate of drug-likeness (QED) is 0.308. The van der Waals surface area contributed by atoms with Gasteiger partial charge in [-0.3, -0.25) is 19.7 Å². The van der Waals surface area contributed by atoms with E-state index >= 15 is 0 Å². The third-order valence-electron chi connectivity index (χ3n) is 2.35. The van der Waals surface area contributed by atoms with E-state index in [0.717, 1.165) is 7.11 Å². The van der Waals surface area contributed by atoms with E-state index in [-0.39, 0.29) is 12.3 Å². The van der Waals surface area contributed by atoms with Crippen molar-refractivity contribution in [3.63, 3.8) is 0 Å². The van der Waals surface area contributed by atoms with E-state index in [1.54, 1.807) is 0 Å². The van der Waals surface area contributed by atoms with Crippen molar-refractivity contribution in [1.82, 2.24) is 0 Å². The summed E-state index contributed by atoms with van der Waals surface area (Å²) in [5, 5.41) is 19.4. The smallest absolute Gasteiger partial charge is 0.320 e. The van der Waals surface area contributed by atoms with Crippen molar-refractivity contribution in [2.75, 3.05) is 13.7 Å². The maximum absolute atomic E-state index is 11.3. The van der Waals surface area contributed by atoms with Gasteiger partial charge in [-0.15, -0.1) is 0 Å². The molecule has 0 radical (unpaired) electrons. The van der Waals surface area contributed by atoms with Crippen LogP contribution < -0.4 is 0 Å². The Morgan fingerprint density at radius 2 is 1.94 bits per heavy atom. The molecule has 98 valence electrons. The van der Waals surface area contributed by atoms with Crippen LogP contribution in [-0.4, -0.2) is 35.6 Å². The van der Waals surface area contributed by atoms with Crippen molar-refractivity contribution < 1.29 is 24.4 Å². The van der Waals surface area contributed by atoms with E-state index in [1.165, 1.54) is 0 Å². The van der Waals surface area contributed by atoms with Crippen molar-refractivity contribution >= 4 is 11.9 Å². The van der Waals surface area contributed by atoms with Crippen LogP contribution in [0.3, 0.4) is 0 Å². The van der Waals surface area contributed by atoms with Crippen LogP contribution >= 0.6 is 0 Å². The molecule has 0 fully saturated rings. The summed E-state index contributed by atoms with van der Waals surface area (Å²) in [7, 11) is 1.07. The van der Waals surface area contributed by atoms with Crippen LogP contribution in [0.2, 0.25) is 0 Å². The van der Waals surface area contributed by atoms with Gasteiger partial charge in [-0.2, -0.15) is 0 Å². The summed E-state index contributed by atoms with van der Waals surface area (Å²) in [4.78, 5) is 32.2. The minimum Gasteiger partial charge on any atom is -0.481 e. The maximum Gasteiger partial charge on any atom is 0.320 e. The monoisotopic (exact) mass is 247 g/mol. The van der Waals surface area contributed by atoms with Crippen LogP contribution in [0, 0.1) is 27.9 Å². The largest absolute Gasteiger partial charge is 0.481 e. The molecule has 0 rings (SSSR count). The molecule has 1 N–H and O–H groups in total. The topological polar surface area (TPSA) is 107 Å². The summed E-state index contributed by atoms with van der Waals surface area (Å²) in [6.45, 7) is 3.07. The number of carboxylic acid groups (broad SMARTS) is 1. The SMILES string of the molecule is COC(=O)C(C(=O)O)C(CC(C)C)C[N+](=O)[O-]. The van der Waals surface area contributed by atoms with Crippen LogP contribution in [0.4, 0.5) is 0 Å². The first-order valence-corrected chi connectivity index (χ1v) is 5.22. The van der Waals surface area contributed by atoms with Gasteiger partial charge in [-0.05, 0) is 12.3 Å². The molecule has 2 atom stereocenters. The highest BCUT2D eigenvalue weighted by molar-refractivity contribution is 5.94. The lowest BCUT2D eigenvalue weighted by Gasteiger charge is -2.20. The van der Waals surface area contributed by atoms with Gasteiger partial charge in [0, 0.05) is 10.8 Å². The number of esters is 1. The van der Waals surface area contributed by atoms with Gasteiger partial charge in [0.15, 0.2) is 5.92 Å². The Kier molecular flexibility index (Phi) is 6.16. The highest BCUT2D eigenvalue weighted by Crippen LogP contribution is 2.22. The zero-order chi connectivity index (χ0) is 13.6. The third-order valence-corrected chi connectivity index (χ3v) is 2.35. The fraction of sp³-hybridized carbons (Fsp3) is 0.800. The molecule has 0 aliphatic rings. The molecule has 2 unspecified atom stereocenters. The van der Waals surface area contributed by atoms with Crippen LogP contribution in [0.5, 0.6) is 0 Å². The molecule has 7 nitrogen and oxygen atoms in total. The first-order chi connectivity index (χ1) is 7.79. The zero-order valence-electron chi connectivity index (χ0n) is 10.1. The number of aliphatic carboxylic acids is 1. The van der Waals surface area contributed by atoms with E-state index in [2.05, 4.69) is 4.74 Å². The van der Waals surface area contributed by atoms with Crippen LogP contribution in [0.1, 0.15) is 20.3 Å². The van der Waals surface area contributed by atoms with Gasteiger partial charge in [-0.1, -0.05) is 13.8 Å². The number of nitrogens with zero attached hydrogens (tertiary/aromatic N) is 1. The Balaban J connectivity index is 4.98. The van der Waals surface area contributed by atoms with Gasteiger partial charge in [-0.25, -0.2) is 0 Å². The fourth-order valence-corrected chi connectivity index (χ4v) is 1.73. The van der Waals surface area contributed by atoms with Gasteiger partial charge in [0.1, 0.15) is 0 Å². The Bertz CT molecular complexity index is 301. The van der Waals surface area contributed by atoms with Gasteiger partial charge in [0.25, 0.3) is 0 Å². The molecule has 7 heteroatoms. The number of carbonyl (C=O) groups excluding carboxylic acids is 1. The third kappa shape index (κ3) is 5.28. The zero-order valence-corrected chi connectivity index (χ0v) is 10.1. The number of ether oxygens (including phenoxy) is 1. The maximum atomic E-state index is 11.3. The highest BCUT2D eigenvalue weighted by Gasteiger charge is 2.39.